The lowest BCUT2D eigenvalue weighted by Crippen LogP contribution is -2.02. The van der Waals surface area contributed by atoms with Gasteiger partial charge in [-0.3, -0.25) is 0 Å². The van der Waals surface area contributed by atoms with Crippen molar-refractivity contribution in [2.24, 2.45) is 0 Å². The Labute approximate surface area is 80.1 Å². The molecule has 0 radical (unpaired) electrons. The van der Waals surface area contributed by atoms with E-state index in [4.69, 9.17) is 4.74 Å². The Morgan fingerprint density at radius 3 is 2.79 bits per heavy atom. The predicted octanol–water partition coefficient (Wildman–Crippen LogP) is 1.95. The molecule has 14 heavy (non-hydrogen) atoms. The lowest BCUT2D eigenvalue weighted by atomic mass is 10.0. The Morgan fingerprint density at radius 2 is 2.14 bits per heavy atom. The fraction of sp³-hybridized carbons (Fsp3) is 0.400. The first-order valence-corrected chi connectivity index (χ1v) is 4.43. The summed E-state index contributed by atoms with van der Waals surface area (Å²) in [5, 5.41) is 9.34. The summed E-state index contributed by atoms with van der Waals surface area (Å²) >= 11 is 0. The van der Waals surface area contributed by atoms with E-state index in [9.17, 15) is 13.9 Å². The van der Waals surface area contributed by atoms with E-state index >= 15 is 0 Å². The molecule has 0 saturated heterocycles. The minimum Gasteiger partial charge on any atom is -0.490 e. The Hall–Kier alpha value is -1.16. The van der Waals surface area contributed by atoms with Crippen molar-refractivity contribution in [1.29, 1.82) is 0 Å². The molecule has 1 aromatic carbocycles. The zero-order chi connectivity index (χ0) is 10.3. The first-order valence-electron chi connectivity index (χ1n) is 4.43. The number of ether oxygens (including phenoxy) is 1. The number of benzene rings is 1. The minimum atomic E-state index is -0.939. The van der Waals surface area contributed by atoms with Crippen LogP contribution in [0.1, 0.15) is 24.2 Å². The maximum absolute atomic E-state index is 13.3. The summed E-state index contributed by atoms with van der Waals surface area (Å²) < 4.78 is 31.5. The van der Waals surface area contributed by atoms with Crippen molar-refractivity contribution >= 4 is 0 Å². The quantitative estimate of drug-likeness (QED) is 0.750. The van der Waals surface area contributed by atoms with Crippen LogP contribution in [0.2, 0.25) is 0 Å². The van der Waals surface area contributed by atoms with Gasteiger partial charge in [-0.25, -0.2) is 8.78 Å². The first kappa shape index (κ1) is 9.40. The lowest BCUT2D eigenvalue weighted by molar-refractivity contribution is 0.193. The number of hydrogen-bond acceptors (Lipinski definition) is 2. The molecule has 1 aliphatic rings. The SMILES string of the molecule is CC(O)c1c(F)cc(F)c2c1CCO2. The van der Waals surface area contributed by atoms with Gasteiger partial charge in [-0.1, -0.05) is 0 Å². The van der Waals surface area contributed by atoms with Gasteiger partial charge in [-0.05, 0) is 6.92 Å². The third-order valence-electron chi connectivity index (χ3n) is 2.34. The number of aliphatic hydroxyl groups excluding tert-OH is 1. The third kappa shape index (κ3) is 1.26. The van der Waals surface area contributed by atoms with Crippen molar-refractivity contribution in [2.45, 2.75) is 19.4 Å². The van der Waals surface area contributed by atoms with Crippen LogP contribution in [-0.2, 0) is 6.42 Å². The van der Waals surface area contributed by atoms with Crippen molar-refractivity contribution in [2.75, 3.05) is 6.61 Å². The van der Waals surface area contributed by atoms with Crippen molar-refractivity contribution < 1.29 is 18.6 Å². The van der Waals surface area contributed by atoms with E-state index in [1.807, 2.05) is 0 Å². The molecule has 1 atom stereocenters. The maximum atomic E-state index is 13.3. The fourth-order valence-electron chi connectivity index (χ4n) is 1.78. The number of aliphatic hydroxyl groups is 1. The van der Waals surface area contributed by atoms with E-state index in [0.29, 0.717) is 18.6 Å². The second-order valence-corrected chi connectivity index (χ2v) is 3.34. The van der Waals surface area contributed by atoms with Crippen molar-refractivity contribution in [1.82, 2.24) is 0 Å². The monoisotopic (exact) mass is 200 g/mol. The van der Waals surface area contributed by atoms with Crippen LogP contribution >= 0.6 is 0 Å². The molecule has 1 aliphatic heterocycles. The second kappa shape index (κ2) is 3.20. The van der Waals surface area contributed by atoms with E-state index in [1.54, 1.807) is 0 Å². The van der Waals surface area contributed by atoms with Gasteiger partial charge < -0.3 is 9.84 Å². The standard InChI is InChI=1S/C10H10F2O2/c1-5(13)9-6-2-3-14-10(6)8(12)4-7(9)11/h4-5,13H,2-3H2,1H3. The van der Waals surface area contributed by atoms with Gasteiger partial charge in [-0.2, -0.15) is 0 Å². The molecule has 1 N–H and O–H groups in total. The van der Waals surface area contributed by atoms with Crippen LogP contribution in [0.25, 0.3) is 0 Å². The molecule has 0 aliphatic carbocycles. The molecule has 76 valence electrons. The van der Waals surface area contributed by atoms with E-state index in [2.05, 4.69) is 0 Å². The fourth-order valence-corrected chi connectivity index (χ4v) is 1.78. The van der Waals surface area contributed by atoms with Crippen molar-refractivity contribution in [3.63, 3.8) is 0 Å². The zero-order valence-corrected chi connectivity index (χ0v) is 7.68. The molecule has 0 fully saturated rings. The lowest BCUT2D eigenvalue weighted by Gasteiger charge is -2.11. The molecule has 4 heteroatoms. The minimum absolute atomic E-state index is 0.0855. The molecule has 0 spiro atoms. The maximum Gasteiger partial charge on any atom is 0.168 e. The van der Waals surface area contributed by atoms with Gasteiger partial charge in [0.25, 0.3) is 0 Å². The molecule has 1 unspecified atom stereocenters. The van der Waals surface area contributed by atoms with Crippen LogP contribution in [-0.4, -0.2) is 11.7 Å². The van der Waals surface area contributed by atoms with Gasteiger partial charge in [0.2, 0.25) is 0 Å². The highest BCUT2D eigenvalue weighted by Crippen LogP contribution is 2.35. The summed E-state index contributed by atoms with van der Waals surface area (Å²) in [5.41, 5.74) is 0.608. The number of halogens is 2. The summed E-state index contributed by atoms with van der Waals surface area (Å²) in [6.07, 6.45) is -0.490. The van der Waals surface area contributed by atoms with Crippen LogP contribution in [0, 0.1) is 11.6 Å². The van der Waals surface area contributed by atoms with Gasteiger partial charge in [0.15, 0.2) is 11.6 Å². The summed E-state index contributed by atoms with van der Waals surface area (Å²) in [6, 6.07) is 0.756. The molecule has 2 nitrogen and oxygen atoms in total. The van der Waals surface area contributed by atoms with Crippen LogP contribution in [0.5, 0.6) is 5.75 Å². The average molecular weight is 200 g/mol. The molecular formula is C10H10F2O2. The largest absolute Gasteiger partial charge is 0.490 e. The van der Waals surface area contributed by atoms with E-state index in [-0.39, 0.29) is 11.3 Å². The number of hydrogen-bond donors (Lipinski definition) is 1. The summed E-state index contributed by atoms with van der Waals surface area (Å²) in [6.45, 7) is 1.80. The van der Waals surface area contributed by atoms with Gasteiger partial charge >= 0.3 is 0 Å². The summed E-state index contributed by atoms with van der Waals surface area (Å²) in [7, 11) is 0. The molecule has 0 amide bonds. The molecule has 1 heterocycles. The van der Waals surface area contributed by atoms with Crippen LogP contribution in [0.3, 0.4) is 0 Å². The van der Waals surface area contributed by atoms with E-state index in [1.165, 1.54) is 6.92 Å². The topological polar surface area (TPSA) is 29.5 Å². The third-order valence-corrected chi connectivity index (χ3v) is 2.34. The summed E-state index contributed by atoms with van der Waals surface area (Å²) in [4.78, 5) is 0. The second-order valence-electron chi connectivity index (χ2n) is 3.34. The van der Waals surface area contributed by atoms with E-state index in [0.717, 1.165) is 6.07 Å². The van der Waals surface area contributed by atoms with Gasteiger partial charge in [0.1, 0.15) is 5.82 Å². The molecule has 2 rings (SSSR count). The normalized spacial score (nSPS) is 16.3. The Balaban J connectivity index is 2.66. The van der Waals surface area contributed by atoms with E-state index < -0.39 is 17.7 Å². The molecule has 0 saturated carbocycles. The molecular weight excluding hydrogens is 190 g/mol. The van der Waals surface area contributed by atoms with Crippen molar-refractivity contribution in [3.05, 3.63) is 28.8 Å². The highest BCUT2D eigenvalue weighted by molar-refractivity contribution is 5.45. The molecule has 1 aromatic rings. The molecule has 0 bridgehead atoms. The van der Waals surface area contributed by atoms with Crippen molar-refractivity contribution in [3.8, 4) is 5.75 Å². The van der Waals surface area contributed by atoms with Gasteiger partial charge in [0.05, 0.1) is 12.7 Å². The van der Waals surface area contributed by atoms with Gasteiger partial charge in [-0.15, -0.1) is 0 Å². The Bertz CT molecular complexity index is 375. The predicted molar refractivity (Wildman–Crippen MR) is 46.2 cm³/mol. The zero-order valence-electron chi connectivity index (χ0n) is 7.68. The van der Waals surface area contributed by atoms with Crippen LogP contribution < -0.4 is 4.74 Å². The van der Waals surface area contributed by atoms with Crippen LogP contribution in [0.15, 0.2) is 6.07 Å². The Kier molecular flexibility index (Phi) is 2.15. The van der Waals surface area contributed by atoms with Crippen LogP contribution in [0.4, 0.5) is 8.78 Å². The summed E-state index contributed by atoms with van der Waals surface area (Å²) in [5.74, 6) is -1.32. The highest BCUT2D eigenvalue weighted by atomic mass is 19.1. The number of fused-ring (bicyclic) bond motifs is 1. The van der Waals surface area contributed by atoms with Gasteiger partial charge in [0, 0.05) is 23.6 Å². The highest BCUT2D eigenvalue weighted by Gasteiger charge is 2.25. The number of rotatable bonds is 1. The smallest absolute Gasteiger partial charge is 0.168 e. The first-order chi connectivity index (χ1) is 6.61. The Morgan fingerprint density at radius 1 is 1.43 bits per heavy atom. The molecule has 0 aromatic heterocycles. The average Bonchev–Trinajstić information content (AvgIpc) is 2.51.